The molecule has 0 atom stereocenters. The fourth-order valence-corrected chi connectivity index (χ4v) is 5.06. The molecule has 4 aromatic rings. The van der Waals surface area contributed by atoms with Crippen molar-refractivity contribution in [1.82, 2.24) is 19.9 Å². The summed E-state index contributed by atoms with van der Waals surface area (Å²) in [5, 5.41) is 0. The van der Waals surface area contributed by atoms with Crippen molar-refractivity contribution in [2.45, 2.75) is 0 Å². The number of hydrogen-bond donors (Lipinski definition) is 0. The Kier molecular flexibility index (Phi) is 3.92. The molecule has 0 aliphatic heterocycles. The maximum atomic E-state index is 4.81. The van der Waals surface area contributed by atoms with Crippen molar-refractivity contribution >= 4 is 54.2 Å². The third-order valence-corrected chi connectivity index (χ3v) is 5.73. The van der Waals surface area contributed by atoms with E-state index in [1.165, 1.54) is 0 Å². The van der Waals surface area contributed by atoms with Gasteiger partial charge in [-0.3, -0.25) is 9.97 Å². The van der Waals surface area contributed by atoms with Crippen LogP contribution >= 0.6 is 43.2 Å². The van der Waals surface area contributed by atoms with Crippen molar-refractivity contribution in [2.24, 2.45) is 0 Å². The van der Waals surface area contributed by atoms with Gasteiger partial charge in [0.25, 0.3) is 0 Å². The topological polar surface area (TPSA) is 51.6 Å². The Bertz CT molecular complexity index is 908. The largest absolute Gasteiger partial charge is 0.255 e. The molecule has 4 heterocycles. The first-order valence-electron chi connectivity index (χ1n) is 6.72. The molecule has 0 amide bonds. The lowest BCUT2D eigenvalue weighted by Gasteiger charge is -2.08. The van der Waals surface area contributed by atoms with E-state index in [4.69, 9.17) is 9.97 Å². The van der Waals surface area contributed by atoms with Crippen LogP contribution in [0.3, 0.4) is 0 Å². The first kappa shape index (κ1) is 14.9. The Morgan fingerprint density at radius 3 is 1.57 bits per heavy atom. The third-order valence-electron chi connectivity index (χ3n) is 3.26. The van der Waals surface area contributed by atoms with Gasteiger partial charge in [-0.15, -0.1) is 11.3 Å². The van der Waals surface area contributed by atoms with E-state index in [0.717, 1.165) is 41.4 Å². The molecule has 0 fully saturated rings. The molecule has 0 unspecified atom stereocenters. The summed E-state index contributed by atoms with van der Waals surface area (Å²) < 4.78 is 1.88. The fraction of sp³-hybridized carbons (Fsp3) is 0. The van der Waals surface area contributed by atoms with Crippen LogP contribution in [0.15, 0.2) is 56.4 Å². The summed E-state index contributed by atoms with van der Waals surface area (Å²) in [5.41, 5.74) is 4.64. The highest BCUT2D eigenvalue weighted by Gasteiger charge is 2.19. The van der Waals surface area contributed by atoms with E-state index in [9.17, 15) is 0 Å². The van der Waals surface area contributed by atoms with Gasteiger partial charge in [-0.2, -0.15) is 0 Å². The molecule has 0 saturated carbocycles. The first-order valence-corrected chi connectivity index (χ1v) is 9.12. The number of halogens is 2. The van der Waals surface area contributed by atoms with Crippen molar-refractivity contribution in [1.29, 1.82) is 0 Å². The molecule has 0 radical (unpaired) electrons. The van der Waals surface area contributed by atoms with Crippen molar-refractivity contribution in [3.63, 3.8) is 0 Å². The molecule has 4 nitrogen and oxygen atoms in total. The lowest BCUT2D eigenvalue weighted by Crippen LogP contribution is -1.97. The molecule has 0 aromatic carbocycles. The van der Waals surface area contributed by atoms with Gasteiger partial charge in [-0.25, -0.2) is 9.97 Å². The smallest absolute Gasteiger partial charge is 0.117 e. The lowest BCUT2D eigenvalue weighted by molar-refractivity contribution is 1.21. The highest BCUT2D eigenvalue weighted by molar-refractivity contribution is 9.12. The van der Waals surface area contributed by atoms with Crippen LogP contribution in [0.4, 0.5) is 0 Å². The third kappa shape index (κ3) is 2.69. The second-order valence-corrected chi connectivity index (χ2v) is 8.35. The second kappa shape index (κ2) is 6.07. The summed E-state index contributed by atoms with van der Waals surface area (Å²) in [6.45, 7) is 0. The Hall–Kier alpha value is -1.70. The zero-order valence-corrected chi connectivity index (χ0v) is 15.6. The number of pyridine rings is 2. The van der Waals surface area contributed by atoms with Gasteiger partial charge in [0.1, 0.15) is 22.4 Å². The normalized spacial score (nSPS) is 11.0. The van der Waals surface area contributed by atoms with E-state index < -0.39 is 0 Å². The van der Waals surface area contributed by atoms with E-state index in [1.54, 1.807) is 23.7 Å². The lowest BCUT2D eigenvalue weighted by atomic mass is 10.1. The summed E-state index contributed by atoms with van der Waals surface area (Å²) in [5.74, 6) is 0. The molecular weight excluding hydrogens is 440 g/mol. The Balaban J connectivity index is 2.08. The fourth-order valence-electron chi connectivity index (χ4n) is 2.25. The van der Waals surface area contributed by atoms with E-state index in [0.29, 0.717) is 0 Å². The summed E-state index contributed by atoms with van der Waals surface area (Å²) >= 11 is 8.67. The van der Waals surface area contributed by atoms with Gasteiger partial charge in [0, 0.05) is 12.4 Å². The van der Waals surface area contributed by atoms with Crippen LogP contribution in [-0.2, 0) is 0 Å². The van der Waals surface area contributed by atoms with Crippen LogP contribution in [0.5, 0.6) is 0 Å². The van der Waals surface area contributed by atoms with Crippen LogP contribution in [-0.4, -0.2) is 19.9 Å². The number of thiophene rings is 1. The first-order chi connectivity index (χ1) is 11.2. The van der Waals surface area contributed by atoms with Crippen molar-refractivity contribution in [3.8, 4) is 22.8 Å². The molecule has 4 aromatic heterocycles. The summed E-state index contributed by atoms with van der Waals surface area (Å²) in [7, 11) is 0. The zero-order valence-electron chi connectivity index (χ0n) is 11.6. The van der Waals surface area contributed by atoms with E-state index in [1.807, 2.05) is 36.4 Å². The van der Waals surface area contributed by atoms with Gasteiger partial charge in [0.15, 0.2) is 0 Å². The highest BCUT2D eigenvalue weighted by atomic mass is 79.9. The number of nitrogens with zero attached hydrogens (tertiary/aromatic N) is 4. The van der Waals surface area contributed by atoms with Gasteiger partial charge in [-0.1, -0.05) is 12.1 Å². The standard InChI is InChI=1S/C16H8Br2N4S/c17-15-13-14(16(18)23-15)22-12(10-6-2-4-8-20-10)11(21-13)9-5-1-3-7-19-9/h1-8H. The monoisotopic (exact) mass is 446 g/mol. The molecule has 4 rings (SSSR count). The molecule has 7 heteroatoms. The Morgan fingerprint density at radius 1 is 0.696 bits per heavy atom. The predicted molar refractivity (Wildman–Crippen MR) is 99.3 cm³/mol. The van der Waals surface area contributed by atoms with Crippen LogP contribution in [0, 0.1) is 0 Å². The summed E-state index contributed by atoms with van der Waals surface area (Å²) in [6, 6.07) is 11.5. The molecule has 0 aliphatic rings. The highest BCUT2D eigenvalue weighted by Crippen LogP contribution is 2.40. The van der Waals surface area contributed by atoms with Crippen molar-refractivity contribution < 1.29 is 0 Å². The molecule has 0 aliphatic carbocycles. The molecule has 112 valence electrons. The van der Waals surface area contributed by atoms with Gasteiger partial charge >= 0.3 is 0 Å². The second-order valence-electron chi connectivity index (χ2n) is 4.70. The van der Waals surface area contributed by atoms with Crippen LogP contribution in [0.1, 0.15) is 0 Å². The minimum Gasteiger partial charge on any atom is -0.255 e. The molecule has 0 saturated heterocycles. The van der Waals surface area contributed by atoms with Gasteiger partial charge in [-0.05, 0) is 56.1 Å². The minimum absolute atomic E-state index is 0.725. The van der Waals surface area contributed by atoms with Crippen LogP contribution in [0.2, 0.25) is 0 Å². The van der Waals surface area contributed by atoms with E-state index in [-0.39, 0.29) is 0 Å². The molecule has 0 bridgehead atoms. The average Bonchev–Trinajstić information content (AvgIpc) is 2.89. The molecular formula is C16H8Br2N4S. The number of fused-ring (bicyclic) bond motifs is 1. The van der Waals surface area contributed by atoms with Crippen LogP contribution in [0.25, 0.3) is 33.8 Å². The average molecular weight is 448 g/mol. The molecule has 0 N–H and O–H groups in total. The van der Waals surface area contributed by atoms with Gasteiger partial charge < -0.3 is 0 Å². The number of hydrogen-bond acceptors (Lipinski definition) is 5. The van der Waals surface area contributed by atoms with Gasteiger partial charge in [0.05, 0.1) is 19.0 Å². The van der Waals surface area contributed by atoms with E-state index in [2.05, 4.69) is 41.8 Å². The number of rotatable bonds is 2. The number of aromatic nitrogens is 4. The minimum atomic E-state index is 0.725. The predicted octanol–water partition coefficient (Wildman–Crippen LogP) is 5.34. The molecule has 0 spiro atoms. The zero-order chi connectivity index (χ0) is 15.8. The summed E-state index contributed by atoms with van der Waals surface area (Å²) in [4.78, 5) is 18.5. The maximum Gasteiger partial charge on any atom is 0.117 e. The Labute approximate surface area is 152 Å². The van der Waals surface area contributed by atoms with Gasteiger partial charge in [0.2, 0.25) is 0 Å². The Morgan fingerprint density at radius 2 is 1.17 bits per heavy atom. The summed E-state index contributed by atoms with van der Waals surface area (Å²) in [6.07, 6.45) is 3.50. The SMILES string of the molecule is Brc1sc(Br)c2nc(-c3ccccn3)c(-c3ccccn3)nc12. The van der Waals surface area contributed by atoms with Crippen molar-refractivity contribution in [2.75, 3.05) is 0 Å². The van der Waals surface area contributed by atoms with Crippen LogP contribution < -0.4 is 0 Å². The quantitative estimate of drug-likeness (QED) is 0.416. The van der Waals surface area contributed by atoms with Crippen molar-refractivity contribution in [3.05, 3.63) is 56.4 Å². The maximum absolute atomic E-state index is 4.81. The van der Waals surface area contributed by atoms with E-state index >= 15 is 0 Å². The molecule has 23 heavy (non-hydrogen) atoms.